The van der Waals surface area contributed by atoms with Crippen molar-refractivity contribution in [2.45, 2.75) is 43.3 Å². The Balaban J connectivity index is 0.986. The Kier molecular flexibility index (Phi) is 12.7. The molecule has 4 aliphatic rings. The molecule has 1 atom stereocenters. The van der Waals surface area contributed by atoms with Crippen molar-refractivity contribution < 1.29 is 37.1 Å². The Morgan fingerprint density at radius 3 is 2.57 bits per heavy atom. The van der Waals surface area contributed by atoms with E-state index in [1.807, 2.05) is 41.3 Å². The van der Waals surface area contributed by atoms with Crippen molar-refractivity contribution in [3.63, 3.8) is 0 Å². The van der Waals surface area contributed by atoms with Crippen LogP contribution in [0, 0.1) is 10.1 Å². The molecule has 3 N–H and O–H groups in total. The zero-order chi connectivity index (χ0) is 45.3. The zero-order valence-corrected chi connectivity index (χ0v) is 37.8. The van der Waals surface area contributed by atoms with E-state index in [0.29, 0.717) is 87.0 Å². The van der Waals surface area contributed by atoms with E-state index in [1.54, 1.807) is 12.3 Å². The Bertz CT molecular complexity index is 2730. The van der Waals surface area contributed by atoms with E-state index in [0.717, 1.165) is 48.8 Å². The maximum Gasteiger partial charge on any atom is 0.293 e. The van der Waals surface area contributed by atoms with Crippen LogP contribution in [0.15, 0.2) is 89.5 Å². The van der Waals surface area contributed by atoms with Gasteiger partial charge in [0.1, 0.15) is 17.0 Å². The van der Waals surface area contributed by atoms with Gasteiger partial charge in [-0.3, -0.25) is 19.8 Å². The lowest BCUT2D eigenvalue weighted by atomic mass is 9.87. The van der Waals surface area contributed by atoms with Crippen LogP contribution in [0.25, 0.3) is 16.6 Å². The standard InChI is InChI=1S/C46H51ClN8O9S/c1-46(2)25-38(30-4-6-33(47)7-5-30)32(28-64-46)27-52-15-17-53(18-16-52)34-8-10-37(40(23-34)54-14-3-19-63-45-42(54)22-31-12-13-48-43(31)50-45)44(56)51-65(59,60)36-9-11-39(41(24-36)55(57)58)49-26-35-29-61-20-21-62-35/h4-13,22-24,35,49H,3,14-21,25-29H2,1-2H3,(H,48,50)(H,51,56)/t35-/m0/s1. The summed E-state index contributed by atoms with van der Waals surface area (Å²) in [5.74, 6) is -0.526. The van der Waals surface area contributed by atoms with Crippen molar-refractivity contribution in [3.8, 4) is 5.88 Å². The fourth-order valence-electron chi connectivity index (χ4n) is 8.74. The molecule has 0 spiro atoms. The third-order valence-corrected chi connectivity index (χ3v) is 13.8. The monoisotopic (exact) mass is 926 g/mol. The number of aromatic amines is 1. The number of piperazine rings is 1. The number of sulfonamides is 1. The maximum absolute atomic E-state index is 14.4. The molecule has 65 heavy (non-hydrogen) atoms. The molecular weight excluding hydrogens is 876 g/mol. The summed E-state index contributed by atoms with van der Waals surface area (Å²) in [7, 11) is -4.60. The average Bonchev–Trinajstić information content (AvgIpc) is 3.66. The number of halogens is 1. The van der Waals surface area contributed by atoms with Crippen LogP contribution in [0.4, 0.5) is 28.4 Å². The van der Waals surface area contributed by atoms with Gasteiger partial charge in [-0.25, -0.2) is 13.1 Å². The summed E-state index contributed by atoms with van der Waals surface area (Å²) in [5, 5.41) is 16.7. The summed E-state index contributed by atoms with van der Waals surface area (Å²) in [5.41, 5.74) is 5.72. The molecule has 0 unspecified atom stereocenters. The molecular formula is C46H51ClN8O9S. The summed E-state index contributed by atoms with van der Waals surface area (Å²) in [6, 6.07) is 20.7. The number of hydrogen-bond donors (Lipinski definition) is 3. The molecule has 0 saturated carbocycles. The second-order valence-electron chi connectivity index (χ2n) is 17.2. The van der Waals surface area contributed by atoms with E-state index in [1.165, 1.54) is 23.3 Å². The highest BCUT2D eigenvalue weighted by molar-refractivity contribution is 7.90. The summed E-state index contributed by atoms with van der Waals surface area (Å²) < 4.78 is 53.5. The van der Waals surface area contributed by atoms with Crippen LogP contribution in [-0.4, -0.2) is 125 Å². The Hall–Kier alpha value is -5.76. The van der Waals surface area contributed by atoms with Gasteiger partial charge in [-0.1, -0.05) is 23.7 Å². The van der Waals surface area contributed by atoms with E-state index in [4.69, 9.17) is 35.5 Å². The third kappa shape index (κ3) is 9.92. The number of nitro benzene ring substituents is 1. The van der Waals surface area contributed by atoms with Crippen molar-refractivity contribution >= 4 is 72.6 Å². The molecule has 0 aliphatic carbocycles. The molecule has 2 saturated heterocycles. The first-order chi connectivity index (χ1) is 31.3. The third-order valence-electron chi connectivity index (χ3n) is 12.2. The Morgan fingerprint density at radius 2 is 1.80 bits per heavy atom. The predicted octanol–water partition coefficient (Wildman–Crippen LogP) is 6.77. The number of hydrogen-bond acceptors (Lipinski definition) is 14. The topological polar surface area (TPSA) is 194 Å². The second kappa shape index (κ2) is 18.6. The van der Waals surface area contributed by atoms with E-state index in [-0.39, 0.29) is 29.5 Å². The van der Waals surface area contributed by atoms with Crippen LogP contribution in [0.2, 0.25) is 5.02 Å². The average molecular weight is 927 g/mol. The number of rotatable bonds is 12. The number of amides is 1. The van der Waals surface area contributed by atoms with Gasteiger partial charge >= 0.3 is 0 Å². The molecule has 9 rings (SSSR count). The highest BCUT2D eigenvalue weighted by Gasteiger charge is 2.32. The molecule has 2 aromatic heterocycles. The fourth-order valence-corrected chi connectivity index (χ4v) is 9.86. The number of pyridine rings is 1. The van der Waals surface area contributed by atoms with Crippen LogP contribution in [0.3, 0.4) is 0 Å². The highest BCUT2D eigenvalue weighted by Crippen LogP contribution is 2.41. The summed E-state index contributed by atoms with van der Waals surface area (Å²) in [4.78, 5) is 39.9. The minimum atomic E-state index is -4.60. The molecule has 3 aromatic carbocycles. The van der Waals surface area contributed by atoms with Crippen molar-refractivity contribution in [1.82, 2.24) is 19.6 Å². The van der Waals surface area contributed by atoms with Crippen molar-refractivity contribution in [1.29, 1.82) is 0 Å². The van der Waals surface area contributed by atoms with E-state index >= 15 is 0 Å². The minimum absolute atomic E-state index is 0.0855. The van der Waals surface area contributed by atoms with Gasteiger partial charge in [0.25, 0.3) is 21.6 Å². The Labute approximate surface area is 381 Å². The summed E-state index contributed by atoms with van der Waals surface area (Å²) in [6.45, 7) is 10.7. The van der Waals surface area contributed by atoms with Gasteiger partial charge in [0.15, 0.2) is 0 Å². The lowest BCUT2D eigenvalue weighted by molar-refractivity contribution is -0.384. The molecule has 342 valence electrons. The van der Waals surface area contributed by atoms with Gasteiger partial charge in [-0.2, -0.15) is 4.98 Å². The van der Waals surface area contributed by atoms with Gasteiger partial charge in [0.2, 0.25) is 5.88 Å². The van der Waals surface area contributed by atoms with Gasteiger partial charge < -0.3 is 39.0 Å². The largest absolute Gasteiger partial charge is 0.476 e. The Morgan fingerprint density at radius 1 is 0.985 bits per heavy atom. The van der Waals surface area contributed by atoms with E-state index in [2.05, 4.69) is 50.8 Å². The smallest absolute Gasteiger partial charge is 0.293 e. The quantitative estimate of drug-likeness (QED) is 0.0877. The molecule has 2 fully saturated rings. The number of nitro groups is 1. The normalized spacial score (nSPS) is 19.3. The number of nitrogens with one attached hydrogen (secondary N) is 3. The number of fused-ring (bicyclic) bond motifs is 2. The number of aromatic nitrogens is 2. The van der Waals surface area contributed by atoms with Gasteiger partial charge in [0, 0.05) is 80.6 Å². The number of benzene rings is 3. The van der Waals surface area contributed by atoms with Crippen LogP contribution in [0.1, 0.15) is 42.6 Å². The number of anilines is 4. The second-order valence-corrected chi connectivity index (χ2v) is 19.3. The number of carbonyl (C=O) groups is 1. The maximum atomic E-state index is 14.4. The predicted molar refractivity (Wildman–Crippen MR) is 248 cm³/mol. The highest BCUT2D eigenvalue weighted by atomic mass is 35.5. The molecule has 1 amide bonds. The summed E-state index contributed by atoms with van der Waals surface area (Å²) >= 11 is 6.24. The molecule has 4 aliphatic heterocycles. The van der Waals surface area contributed by atoms with Crippen LogP contribution in [-0.2, 0) is 24.2 Å². The molecule has 5 aromatic rings. The molecule has 0 bridgehead atoms. The lowest BCUT2D eigenvalue weighted by Gasteiger charge is -2.39. The van der Waals surface area contributed by atoms with E-state index in [9.17, 15) is 23.3 Å². The van der Waals surface area contributed by atoms with Crippen molar-refractivity contribution in [2.24, 2.45) is 0 Å². The van der Waals surface area contributed by atoms with E-state index < -0.39 is 31.4 Å². The first kappa shape index (κ1) is 44.4. The first-order valence-electron chi connectivity index (χ1n) is 21.7. The number of H-pyrrole nitrogens is 1. The van der Waals surface area contributed by atoms with Crippen LogP contribution >= 0.6 is 11.6 Å². The van der Waals surface area contributed by atoms with Crippen molar-refractivity contribution in [2.75, 3.05) is 94.0 Å². The molecule has 6 heterocycles. The first-order valence-corrected chi connectivity index (χ1v) is 23.6. The fraction of sp³-hybridized carbons (Fsp3) is 0.391. The van der Waals surface area contributed by atoms with Gasteiger partial charge in [-0.05, 0) is 91.6 Å². The molecule has 0 radical (unpaired) electrons. The SMILES string of the molecule is CC1(C)CC(c2ccc(Cl)cc2)=C(CN2CCN(c3ccc(C(=O)NS(=O)(=O)c4ccc(NC[C@H]5COCCO5)c([N+](=O)[O-])c4)c(N4CCCOc5nc6[nH]ccc6cc54)c3)CC2)CO1. The van der Waals surface area contributed by atoms with Crippen LogP contribution in [0.5, 0.6) is 5.88 Å². The number of carbonyl (C=O) groups excluding carboxylic acids is 1. The number of ether oxygens (including phenoxy) is 4. The molecule has 17 nitrogen and oxygen atoms in total. The lowest BCUT2D eigenvalue weighted by Crippen LogP contribution is -2.47. The van der Waals surface area contributed by atoms with Gasteiger partial charge in [0.05, 0.1) is 65.8 Å². The van der Waals surface area contributed by atoms with Crippen molar-refractivity contribution in [3.05, 3.63) is 111 Å². The minimum Gasteiger partial charge on any atom is -0.476 e. The zero-order valence-electron chi connectivity index (χ0n) is 36.2. The summed E-state index contributed by atoms with van der Waals surface area (Å²) in [6.07, 6.45) is 2.84. The molecule has 19 heteroatoms. The van der Waals surface area contributed by atoms with Gasteiger partial charge in [-0.15, -0.1) is 0 Å². The van der Waals surface area contributed by atoms with Crippen LogP contribution < -0.4 is 24.6 Å². The number of nitrogens with zero attached hydrogens (tertiary/aromatic N) is 5.